The Balaban J connectivity index is 1.49. The molecule has 0 atom stereocenters. The zero-order valence-corrected chi connectivity index (χ0v) is 17.0. The van der Waals surface area contributed by atoms with E-state index >= 15 is 0 Å². The Morgan fingerprint density at radius 3 is 2.74 bits per heavy atom. The summed E-state index contributed by atoms with van der Waals surface area (Å²) in [7, 11) is 3.14. The van der Waals surface area contributed by atoms with Gasteiger partial charge in [-0.2, -0.15) is 9.50 Å². The summed E-state index contributed by atoms with van der Waals surface area (Å²) in [6.07, 6.45) is 2.69. The van der Waals surface area contributed by atoms with Gasteiger partial charge in [-0.3, -0.25) is 0 Å². The molecule has 0 radical (unpaired) electrons. The van der Waals surface area contributed by atoms with E-state index in [2.05, 4.69) is 20.4 Å². The monoisotopic (exact) mass is 423 g/mol. The summed E-state index contributed by atoms with van der Waals surface area (Å²) in [5, 5.41) is 15.3. The maximum absolute atomic E-state index is 7.81. The van der Waals surface area contributed by atoms with Crippen LogP contribution in [0, 0.1) is 5.41 Å². The molecule has 0 spiro atoms. The summed E-state index contributed by atoms with van der Waals surface area (Å²) in [5.74, 6) is 3.24. The van der Waals surface area contributed by atoms with E-state index in [-0.39, 0.29) is 5.95 Å². The van der Waals surface area contributed by atoms with Crippen molar-refractivity contribution in [1.82, 2.24) is 19.6 Å². The Bertz CT molecular complexity index is 1200. The minimum Gasteiger partial charge on any atom is -0.493 e. The smallest absolute Gasteiger partial charge is 0.225 e. The number of hydrogen-bond acceptors (Lipinski definition) is 10. The molecule has 0 amide bonds. The standard InChI is InChI=1S/C20H21N7O4/c1-28-14-6-5-12(10-16(14)29-2)30-9-7-23-17-13(11-21)19-24-18(15-4-3-8-31-15)26-27(19)20(22)25-17/h3-6,8,10-11,21,23H,7,9H2,1-2H3,(H2,22,25). The number of ether oxygens (including phenoxy) is 3. The first-order valence-corrected chi connectivity index (χ1v) is 9.34. The molecule has 11 nitrogen and oxygen atoms in total. The first kappa shape index (κ1) is 20.0. The van der Waals surface area contributed by atoms with Crippen molar-refractivity contribution in [3.8, 4) is 28.8 Å². The number of hydrogen-bond donors (Lipinski definition) is 3. The third kappa shape index (κ3) is 3.92. The third-order valence-corrected chi connectivity index (χ3v) is 4.45. The molecule has 3 heterocycles. The number of rotatable bonds is 9. The highest BCUT2D eigenvalue weighted by atomic mass is 16.5. The average Bonchev–Trinajstić information content (AvgIpc) is 3.47. The molecule has 0 saturated carbocycles. The topological polar surface area (TPSA) is 146 Å². The van der Waals surface area contributed by atoms with Crippen LogP contribution in [0.1, 0.15) is 5.56 Å². The molecule has 0 fully saturated rings. The fraction of sp³-hybridized carbons (Fsp3) is 0.200. The largest absolute Gasteiger partial charge is 0.493 e. The molecule has 160 valence electrons. The van der Waals surface area contributed by atoms with Crippen LogP contribution < -0.4 is 25.3 Å². The predicted molar refractivity (Wildman–Crippen MR) is 114 cm³/mol. The number of fused-ring (bicyclic) bond motifs is 1. The van der Waals surface area contributed by atoms with Gasteiger partial charge in [-0.25, -0.2) is 4.98 Å². The minimum atomic E-state index is 0.134. The van der Waals surface area contributed by atoms with E-state index in [0.717, 1.165) is 6.21 Å². The predicted octanol–water partition coefficient (Wildman–Crippen LogP) is 2.47. The lowest BCUT2D eigenvalue weighted by Gasteiger charge is -2.12. The Labute approximate surface area is 177 Å². The highest BCUT2D eigenvalue weighted by Gasteiger charge is 2.17. The molecule has 4 aromatic rings. The normalized spacial score (nSPS) is 10.8. The molecular formula is C20H21N7O4. The maximum Gasteiger partial charge on any atom is 0.225 e. The van der Waals surface area contributed by atoms with Gasteiger partial charge in [-0.05, 0) is 24.3 Å². The number of furan rings is 1. The first-order valence-electron chi connectivity index (χ1n) is 9.34. The molecule has 1 aromatic carbocycles. The van der Waals surface area contributed by atoms with Crippen LogP contribution in [-0.2, 0) is 0 Å². The molecule has 31 heavy (non-hydrogen) atoms. The van der Waals surface area contributed by atoms with Crippen molar-refractivity contribution >= 4 is 23.6 Å². The van der Waals surface area contributed by atoms with Crippen LogP contribution in [0.4, 0.5) is 11.8 Å². The molecular weight excluding hydrogens is 402 g/mol. The molecule has 0 bridgehead atoms. The van der Waals surface area contributed by atoms with Crippen LogP contribution >= 0.6 is 0 Å². The number of benzene rings is 1. The fourth-order valence-electron chi connectivity index (χ4n) is 3.00. The van der Waals surface area contributed by atoms with Crippen LogP contribution in [0.2, 0.25) is 0 Å². The molecule has 0 saturated heterocycles. The zero-order chi connectivity index (χ0) is 21.8. The van der Waals surface area contributed by atoms with Crippen molar-refractivity contribution in [3.05, 3.63) is 42.2 Å². The van der Waals surface area contributed by atoms with Gasteiger partial charge in [0.1, 0.15) is 18.2 Å². The second-order valence-corrected chi connectivity index (χ2v) is 6.32. The molecule has 4 N–H and O–H groups in total. The number of nitrogen functional groups attached to an aromatic ring is 1. The summed E-state index contributed by atoms with van der Waals surface area (Å²) in [4.78, 5) is 8.76. The van der Waals surface area contributed by atoms with Gasteiger partial charge in [0, 0.05) is 12.3 Å². The van der Waals surface area contributed by atoms with Gasteiger partial charge in [0.05, 0.1) is 32.6 Å². The Morgan fingerprint density at radius 1 is 1.19 bits per heavy atom. The molecule has 0 aliphatic rings. The molecule has 0 aliphatic heterocycles. The lowest BCUT2D eigenvalue weighted by Crippen LogP contribution is -2.16. The van der Waals surface area contributed by atoms with Gasteiger partial charge in [0.25, 0.3) is 0 Å². The molecule has 3 aromatic heterocycles. The van der Waals surface area contributed by atoms with Gasteiger partial charge in [0.15, 0.2) is 22.9 Å². The van der Waals surface area contributed by atoms with Crippen molar-refractivity contribution in [2.24, 2.45) is 0 Å². The number of nitrogens with two attached hydrogens (primary N) is 1. The Kier molecular flexibility index (Phi) is 5.56. The van der Waals surface area contributed by atoms with Gasteiger partial charge in [0.2, 0.25) is 11.8 Å². The van der Waals surface area contributed by atoms with E-state index in [1.807, 2.05) is 0 Å². The highest BCUT2D eigenvalue weighted by Crippen LogP contribution is 2.30. The minimum absolute atomic E-state index is 0.134. The van der Waals surface area contributed by atoms with Crippen LogP contribution in [-0.4, -0.2) is 53.2 Å². The zero-order valence-electron chi connectivity index (χ0n) is 17.0. The third-order valence-electron chi connectivity index (χ3n) is 4.45. The summed E-state index contributed by atoms with van der Waals surface area (Å²) in [6, 6.07) is 8.79. The highest BCUT2D eigenvalue weighted by molar-refractivity contribution is 5.93. The van der Waals surface area contributed by atoms with Crippen LogP contribution in [0.15, 0.2) is 41.0 Å². The Morgan fingerprint density at radius 2 is 2.03 bits per heavy atom. The molecule has 4 rings (SSSR count). The number of methoxy groups -OCH3 is 2. The van der Waals surface area contributed by atoms with E-state index < -0.39 is 0 Å². The number of nitrogens with zero attached hydrogens (tertiary/aromatic N) is 4. The summed E-state index contributed by atoms with van der Waals surface area (Å²) in [6.45, 7) is 0.751. The lowest BCUT2D eigenvalue weighted by molar-refractivity contribution is 0.322. The van der Waals surface area contributed by atoms with Crippen molar-refractivity contribution in [2.45, 2.75) is 0 Å². The van der Waals surface area contributed by atoms with Crippen molar-refractivity contribution in [3.63, 3.8) is 0 Å². The number of anilines is 2. The summed E-state index contributed by atoms with van der Waals surface area (Å²) >= 11 is 0. The number of nitrogens with one attached hydrogen (secondary N) is 2. The fourth-order valence-corrected chi connectivity index (χ4v) is 3.00. The van der Waals surface area contributed by atoms with Gasteiger partial charge < -0.3 is 35.1 Å². The van der Waals surface area contributed by atoms with Crippen LogP contribution in [0.3, 0.4) is 0 Å². The van der Waals surface area contributed by atoms with Crippen molar-refractivity contribution < 1.29 is 18.6 Å². The van der Waals surface area contributed by atoms with Crippen LogP contribution in [0.25, 0.3) is 17.2 Å². The first-order chi connectivity index (χ1) is 15.1. The van der Waals surface area contributed by atoms with E-state index in [4.69, 9.17) is 29.8 Å². The van der Waals surface area contributed by atoms with Gasteiger partial charge >= 0.3 is 0 Å². The van der Waals surface area contributed by atoms with Gasteiger partial charge in [-0.1, -0.05) is 0 Å². The van der Waals surface area contributed by atoms with Crippen molar-refractivity contribution in [1.29, 1.82) is 5.41 Å². The summed E-state index contributed by atoms with van der Waals surface area (Å²) < 4.78 is 23.0. The lowest BCUT2D eigenvalue weighted by atomic mass is 10.3. The molecule has 11 heteroatoms. The van der Waals surface area contributed by atoms with Gasteiger partial charge in [-0.15, -0.1) is 5.10 Å². The second kappa shape index (κ2) is 8.61. The van der Waals surface area contributed by atoms with E-state index in [0.29, 0.717) is 59.0 Å². The Hall–Kier alpha value is -4.28. The average molecular weight is 423 g/mol. The van der Waals surface area contributed by atoms with E-state index in [1.165, 1.54) is 10.8 Å². The quantitative estimate of drug-likeness (QED) is 0.273. The van der Waals surface area contributed by atoms with Crippen LogP contribution in [0.5, 0.6) is 17.2 Å². The van der Waals surface area contributed by atoms with E-state index in [9.17, 15) is 0 Å². The van der Waals surface area contributed by atoms with E-state index in [1.54, 1.807) is 44.6 Å². The summed E-state index contributed by atoms with van der Waals surface area (Å²) in [5.41, 5.74) is 6.90. The molecule has 0 aliphatic carbocycles. The molecule has 0 unspecified atom stereocenters. The SMILES string of the molecule is COc1ccc(OCCNc2nc(N)n3nc(-c4ccco4)nc3c2C=N)cc1OC. The second-order valence-electron chi connectivity index (χ2n) is 6.32. The maximum atomic E-state index is 7.81. The van der Waals surface area contributed by atoms with Crippen molar-refractivity contribution in [2.75, 3.05) is 38.4 Å². The number of aromatic nitrogens is 4.